The molecular weight excluding hydrogens is 448 g/mol. The third kappa shape index (κ3) is 4.55. The molecule has 4 rings (SSSR count). The lowest BCUT2D eigenvalue weighted by atomic mass is 10.2. The molecule has 7 nitrogen and oxygen atoms in total. The molecule has 3 aromatic rings. The van der Waals surface area contributed by atoms with Crippen LogP contribution in [0.1, 0.15) is 31.6 Å². The van der Waals surface area contributed by atoms with Crippen LogP contribution in [0.4, 0.5) is 5.69 Å². The van der Waals surface area contributed by atoms with Gasteiger partial charge in [0, 0.05) is 16.8 Å². The van der Waals surface area contributed by atoms with Gasteiger partial charge in [-0.3, -0.25) is 9.59 Å². The predicted molar refractivity (Wildman–Crippen MR) is 118 cm³/mol. The molecule has 30 heavy (non-hydrogen) atoms. The molecule has 2 amide bonds. The fraction of sp³-hybridized carbons (Fsp3) is 0.318. The van der Waals surface area contributed by atoms with Crippen LogP contribution in [0.25, 0.3) is 11.0 Å². The molecule has 0 radical (unpaired) electrons. The number of rotatable bonds is 6. The number of aromatic nitrogens is 2. The zero-order valence-electron chi connectivity index (χ0n) is 16.6. The van der Waals surface area contributed by atoms with E-state index in [0.29, 0.717) is 18.1 Å². The molecule has 2 N–H and O–H groups in total. The Kier molecular flexibility index (Phi) is 6.15. The van der Waals surface area contributed by atoms with Gasteiger partial charge >= 0.3 is 0 Å². The van der Waals surface area contributed by atoms with Gasteiger partial charge in [0.25, 0.3) is 0 Å². The maximum atomic E-state index is 12.7. The number of nitrogens with one attached hydrogen (secondary N) is 2. The van der Waals surface area contributed by atoms with E-state index in [1.807, 2.05) is 60.0 Å². The summed E-state index contributed by atoms with van der Waals surface area (Å²) in [6.07, 6.45) is 1.21. The number of hydrogen-bond donors (Lipinski definition) is 2. The van der Waals surface area contributed by atoms with Gasteiger partial charge in [0.2, 0.25) is 11.8 Å². The second-order valence-electron chi connectivity index (χ2n) is 7.33. The van der Waals surface area contributed by atoms with Crippen molar-refractivity contribution in [3.63, 3.8) is 0 Å². The molecule has 2 heterocycles. The predicted octanol–water partition coefficient (Wildman–Crippen LogP) is 3.79. The summed E-state index contributed by atoms with van der Waals surface area (Å²) in [5.41, 5.74) is 2.34. The monoisotopic (exact) mass is 470 g/mol. The first kappa shape index (κ1) is 20.6. The Morgan fingerprint density at radius 2 is 2.00 bits per heavy atom. The molecule has 0 saturated carbocycles. The van der Waals surface area contributed by atoms with E-state index in [1.54, 1.807) is 0 Å². The van der Waals surface area contributed by atoms with Crippen LogP contribution in [-0.4, -0.2) is 34.1 Å². The van der Waals surface area contributed by atoms with Gasteiger partial charge < -0.3 is 19.9 Å². The Bertz CT molecular complexity index is 1060. The smallest absolute Gasteiger partial charge is 0.249 e. The third-order valence-electron chi connectivity index (χ3n) is 5.08. The van der Waals surface area contributed by atoms with E-state index in [1.165, 1.54) is 0 Å². The van der Waals surface area contributed by atoms with Gasteiger partial charge in [0.15, 0.2) is 0 Å². The number of carbonyl (C=O) groups is 2. The van der Waals surface area contributed by atoms with Crippen LogP contribution in [0.5, 0.6) is 0 Å². The van der Waals surface area contributed by atoms with E-state index in [4.69, 9.17) is 4.74 Å². The minimum absolute atomic E-state index is 0.0893. The van der Waals surface area contributed by atoms with Gasteiger partial charge in [-0.05, 0) is 56.2 Å². The zero-order chi connectivity index (χ0) is 21.1. The third-order valence-corrected chi connectivity index (χ3v) is 5.61. The topological polar surface area (TPSA) is 85.2 Å². The quantitative estimate of drug-likeness (QED) is 0.573. The number of amides is 2. The fourth-order valence-corrected chi connectivity index (χ4v) is 3.89. The number of anilines is 1. The Hall–Kier alpha value is -2.71. The molecule has 8 heteroatoms. The maximum Gasteiger partial charge on any atom is 0.249 e. The van der Waals surface area contributed by atoms with Crippen LogP contribution in [0.15, 0.2) is 53.0 Å². The van der Waals surface area contributed by atoms with E-state index < -0.39 is 6.10 Å². The largest absolute Gasteiger partial charge is 0.368 e. The molecule has 2 aromatic carbocycles. The Balaban J connectivity index is 1.55. The zero-order valence-corrected chi connectivity index (χ0v) is 18.2. The van der Waals surface area contributed by atoms with Crippen molar-refractivity contribution >= 4 is 44.5 Å². The minimum Gasteiger partial charge on any atom is -0.368 e. The number of halogens is 1. The fourth-order valence-electron chi connectivity index (χ4n) is 3.62. The van der Waals surface area contributed by atoms with Gasteiger partial charge in [-0.1, -0.05) is 28.1 Å². The number of nitrogens with zero attached hydrogens (tertiary/aromatic N) is 2. The van der Waals surface area contributed by atoms with Crippen LogP contribution in [0.2, 0.25) is 0 Å². The summed E-state index contributed by atoms with van der Waals surface area (Å²) in [7, 11) is 0. The number of imidazole rings is 1. The molecule has 1 aliphatic heterocycles. The molecular formula is C22H23BrN4O3. The van der Waals surface area contributed by atoms with Crippen LogP contribution in [-0.2, 0) is 20.9 Å². The van der Waals surface area contributed by atoms with Gasteiger partial charge in [-0.2, -0.15) is 0 Å². The molecule has 2 unspecified atom stereocenters. The van der Waals surface area contributed by atoms with E-state index in [2.05, 4.69) is 31.5 Å². The van der Waals surface area contributed by atoms with Crippen LogP contribution in [0.3, 0.4) is 0 Å². The first-order valence-electron chi connectivity index (χ1n) is 9.94. The highest BCUT2D eigenvalue weighted by atomic mass is 79.9. The Morgan fingerprint density at radius 3 is 2.73 bits per heavy atom. The number of hydrogen-bond acceptors (Lipinski definition) is 4. The Labute approximate surface area is 182 Å². The molecule has 1 saturated heterocycles. The number of carbonyl (C=O) groups excluding carboxylic acids is 2. The lowest BCUT2D eigenvalue weighted by Crippen LogP contribution is -2.37. The molecule has 156 valence electrons. The van der Waals surface area contributed by atoms with E-state index in [0.717, 1.165) is 28.3 Å². The van der Waals surface area contributed by atoms with Crippen LogP contribution in [0, 0.1) is 0 Å². The molecule has 1 aromatic heterocycles. The van der Waals surface area contributed by atoms with Crippen molar-refractivity contribution in [3.05, 3.63) is 58.8 Å². The standard InChI is InChI=1S/C22H23BrN4O3/c1-14(24-22(29)19-7-4-12-30-19)21-26-17-5-2-3-6-18(17)27(21)13-20(28)25-16-10-8-15(23)9-11-16/h2-3,5-6,8-11,14,19H,4,7,12-13H2,1H3,(H,24,29)(H,25,28). The normalized spacial score (nSPS) is 17.1. The average Bonchev–Trinajstić information content (AvgIpc) is 3.39. The van der Waals surface area contributed by atoms with Gasteiger partial charge in [-0.25, -0.2) is 4.98 Å². The average molecular weight is 471 g/mol. The summed E-state index contributed by atoms with van der Waals surface area (Å²) in [6.45, 7) is 2.57. The number of fused-ring (bicyclic) bond motifs is 1. The van der Waals surface area contributed by atoms with E-state index in [-0.39, 0.29) is 24.4 Å². The summed E-state index contributed by atoms with van der Waals surface area (Å²) in [5.74, 6) is 0.325. The first-order valence-corrected chi connectivity index (χ1v) is 10.7. The molecule has 0 aliphatic carbocycles. The summed E-state index contributed by atoms with van der Waals surface area (Å²) in [6, 6.07) is 14.7. The van der Waals surface area contributed by atoms with Crippen molar-refractivity contribution in [2.75, 3.05) is 11.9 Å². The molecule has 0 spiro atoms. The first-order chi connectivity index (χ1) is 14.5. The number of benzene rings is 2. The molecule has 1 aliphatic rings. The lowest BCUT2D eigenvalue weighted by Gasteiger charge is -2.18. The van der Waals surface area contributed by atoms with Gasteiger partial charge in [0.1, 0.15) is 18.5 Å². The van der Waals surface area contributed by atoms with E-state index in [9.17, 15) is 9.59 Å². The Morgan fingerprint density at radius 1 is 1.23 bits per heavy atom. The highest BCUT2D eigenvalue weighted by Crippen LogP contribution is 2.22. The van der Waals surface area contributed by atoms with Gasteiger partial charge in [0.05, 0.1) is 17.1 Å². The summed E-state index contributed by atoms with van der Waals surface area (Å²) < 4.78 is 8.27. The molecule has 0 bridgehead atoms. The van der Waals surface area contributed by atoms with E-state index >= 15 is 0 Å². The molecule has 2 atom stereocenters. The van der Waals surface area contributed by atoms with Crippen LogP contribution >= 0.6 is 15.9 Å². The summed E-state index contributed by atoms with van der Waals surface area (Å²) in [4.78, 5) is 29.9. The minimum atomic E-state index is -0.411. The maximum absolute atomic E-state index is 12.7. The second kappa shape index (κ2) is 8.97. The lowest BCUT2D eigenvalue weighted by molar-refractivity contribution is -0.130. The van der Waals surface area contributed by atoms with Crippen molar-refractivity contribution in [1.29, 1.82) is 0 Å². The van der Waals surface area contributed by atoms with Crippen molar-refractivity contribution < 1.29 is 14.3 Å². The highest BCUT2D eigenvalue weighted by Gasteiger charge is 2.27. The summed E-state index contributed by atoms with van der Waals surface area (Å²) in [5, 5.41) is 5.89. The van der Waals surface area contributed by atoms with Crippen molar-refractivity contribution in [3.8, 4) is 0 Å². The van der Waals surface area contributed by atoms with Crippen molar-refractivity contribution in [2.45, 2.75) is 38.5 Å². The number of para-hydroxylation sites is 2. The summed E-state index contributed by atoms with van der Waals surface area (Å²) >= 11 is 3.39. The van der Waals surface area contributed by atoms with Crippen LogP contribution < -0.4 is 10.6 Å². The molecule has 1 fully saturated rings. The van der Waals surface area contributed by atoms with Crippen molar-refractivity contribution in [2.24, 2.45) is 0 Å². The highest BCUT2D eigenvalue weighted by molar-refractivity contribution is 9.10. The number of ether oxygens (including phenoxy) is 1. The van der Waals surface area contributed by atoms with Gasteiger partial charge in [-0.15, -0.1) is 0 Å². The second-order valence-corrected chi connectivity index (χ2v) is 8.25. The SMILES string of the molecule is CC(NC(=O)C1CCCO1)c1nc2ccccc2n1CC(=O)Nc1ccc(Br)cc1. The van der Waals surface area contributed by atoms with Crippen molar-refractivity contribution in [1.82, 2.24) is 14.9 Å².